The van der Waals surface area contributed by atoms with Crippen LogP contribution in [-0.2, 0) is 9.78 Å². The zero-order chi connectivity index (χ0) is 41.4. The van der Waals surface area contributed by atoms with Crippen LogP contribution in [0.15, 0.2) is 70.9 Å². The average molecular weight is 791 g/mol. The van der Waals surface area contributed by atoms with Gasteiger partial charge < -0.3 is 0 Å². The van der Waals surface area contributed by atoms with Crippen molar-refractivity contribution in [3.63, 3.8) is 0 Å². The van der Waals surface area contributed by atoms with Crippen LogP contribution in [-0.4, -0.2) is 12.2 Å². The molecule has 2 nitrogen and oxygen atoms in total. The molecule has 58 heavy (non-hydrogen) atoms. The zero-order valence-corrected chi connectivity index (χ0v) is 39.4. The lowest BCUT2D eigenvalue weighted by Crippen LogP contribution is -2.47. The molecule has 0 aromatic heterocycles. The smallest absolute Gasteiger partial charge is 0.0967 e. The summed E-state index contributed by atoms with van der Waals surface area (Å²) in [6.07, 6.45) is 38.7. The molecule has 0 aliphatic heterocycles. The summed E-state index contributed by atoms with van der Waals surface area (Å²) in [7, 11) is 0. The predicted octanol–water partition coefficient (Wildman–Crippen LogP) is 15.6. The van der Waals surface area contributed by atoms with E-state index >= 15 is 0 Å². The van der Waals surface area contributed by atoms with Crippen LogP contribution < -0.4 is 0 Å². The van der Waals surface area contributed by atoms with Crippen molar-refractivity contribution in [2.75, 3.05) is 0 Å². The van der Waals surface area contributed by atoms with E-state index < -0.39 is 0 Å². The van der Waals surface area contributed by atoms with E-state index in [2.05, 4.69) is 132 Å². The molecule has 0 aromatic carbocycles. The van der Waals surface area contributed by atoms with Gasteiger partial charge in [0.05, 0.1) is 12.2 Å². The van der Waals surface area contributed by atoms with Gasteiger partial charge in [0.15, 0.2) is 0 Å². The molecule has 0 radical (unpaired) electrons. The molecule has 0 amide bonds. The highest BCUT2D eigenvalue weighted by molar-refractivity contribution is 5.40. The minimum absolute atomic E-state index is 0.178. The fourth-order valence-electron chi connectivity index (χ4n) is 15.5. The van der Waals surface area contributed by atoms with Crippen LogP contribution in [0.1, 0.15) is 173 Å². The summed E-state index contributed by atoms with van der Waals surface area (Å²) in [5.74, 6) is 8.58. The largest absolute Gasteiger partial charge is 0.233 e. The van der Waals surface area contributed by atoms with Crippen molar-refractivity contribution in [3.8, 4) is 0 Å². The molecule has 8 aliphatic carbocycles. The van der Waals surface area contributed by atoms with E-state index in [1.165, 1.54) is 64.2 Å². The molecule has 0 saturated heterocycles. The Morgan fingerprint density at radius 1 is 0.466 bits per heavy atom. The van der Waals surface area contributed by atoms with E-state index in [0.29, 0.717) is 58.2 Å². The van der Waals surface area contributed by atoms with Gasteiger partial charge in [0.1, 0.15) is 0 Å². The third-order valence-electron chi connectivity index (χ3n) is 20.3. The summed E-state index contributed by atoms with van der Waals surface area (Å²) >= 11 is 0. The summed E-state index contributed by atoms with van der Waals surface area (Å²) in [6, 6.07) is 0. The van der Waals surface area contributed by atoms with Crippen LogP contribution in [0.5, 0.6) is 0 Å². The third-order valence-corrected chi connectivity index (χ3v) is 20.3. The highest BCUT2D eigenvalue weighted by Gasteiger charge is 2.59. The van der Waals surface area contributed by atoms with Crippen LogP contribution in [0.25, 0.3) is 0 Å². The Balaban J connectivity index is 0.884. The molecule has 6 saturated carbocycles. The van der Waals surface area contributed by atoms with Gasteiger partial charge in [-0.25, -0.2) is 9.78 Å². The Bertz CT molecular complexity index is 1580. The van der Waals surface area contributed by atoms with Crippen molar-refractivity contribution in [2.45, 2.75) is 185 Å². The van der Waals surface area contributed by atoms with Crippen molar-refractivity contribution in [1.29, 1.82) is 0 Å². The fourth-order valence-corrected chi connectivity index (χ4v) is 15.5. The van der Waals surface area contributed by atoms with Gasteiger partial charge in [-0.1, -0.05) is 154 Å². The van der Waals surface area contributed by atoms with Gasteiger partial charge in [-0.2, -0.15) is 0 Å². The molecular formula is C56H86O2. The molecule has 0 aromatic rings. The SMILES string of the molecule is CC(C)C(C)C=CC(C)C1CCC2C3=CC=C4CC(OOC5CCC6(C)C(=CC=C7C6CCC6(C)C7CCC6C(C)C=CC(C)C(C)C)C5)CCC4(C)C3CCC21C. The summed E-state index contributed by atoms with van der Waals surface area (Å²) in [5.41, 5.74) is 8.31. The van der Waals surface area contributed by atoms with Gasteiger partial charge in [0.2, 0.25) is 0 Å². The van der Waals surface area contributed by atoms with E-state index in [4.69, 9.17) is 9.78 Å². The Morgan fingerprint density at radius 2 is 0.862 bits per heavy atom. The van der Waals surface area contributed by atoms with Crippen LogP contribution in [0, 0.1) is 92.7 Å². The van der Waals surface area contributed by atoms with Crippen molar-refractivity contribution in [1.82, 2.24) is 0 Å². The van der Waals surface area contributed by atoms with Crippen molar-refractivity contribution in [2.24, 2.45) is 92.7 Å². The normalized spacial score (nSPS) is 44.3. The number of allylic oxidation sites excluding steroid dienone is 10. The first kappa shape index (κ1) is 43.0. The first-order valence-corrected chi connectivity index (χ1v) is 25.0. The summed E-state index contributed by atoms with van der Waals surface area (Å²) in [4.78, 5) is 13.0. The quantitative estimate of drug-likeness (QED) is 0.118. The second kappa shape index (κ2) is 16.2. The predicted molar refractivity (Wildman–Crippen MR) is 245 cm³/mol. The molecule has 2 heteroatoms. The van der Waals surface area contributed by atoms with Crippen LogP contribution in [0.2, 0.25) is 0 Å². The maximum Gasteiger partial charge on any atom is 0.0967 e. The maximum absolute atomic E-state index is 6.49. The van der Waals surface area contributed by atoms with Crippen molar-refractivity contribution >= 4 is 0 Å². The fraction of sp³-hybridized carbons (Fsp3) is 0.786. The van der Waals surface area contributed by atoms with Gasteiger partial charge in [-0.15, -0.1) is 0 Å². The minimum Gasteiger partial charge on any atom is -0.233 e. The van der Waals surface area contributed by atoms with E-state index in [9.17, 15) is 0 Å². The topological polar surface area (TPSA) is 18.5 Å². The van der Waals surface area contributed by atoms with Gasteiger partial charge >= 0.3 is 0 Å². The molecule has 8 aliphatic rings. The molecular weight excluding hydrogens is 705 g/mol. The number of fused-ring (bicyclic) bond motifs is 10. The lowest BCUT2D eigenvalue weighted by molar-refractivity contribution is -0.357. The second-order valence-electron chi connectivity index (χ2n) is 23.8. The van der Waals surface area contributed by atoms with E-state index in [1.807, 2.05) is 11.1 Å². The van der Waals surface area contributed by atoms with Crippen LogP contribution in [0.3, 0.4) is 0 Å². The zero-order valence-electron chi connectivity index (χ0n) is 39.4. The average Bonchev–Trinajstić information content (AvgIpc) is 3.74. The summed E-state index contributed by atoms with van der Waals surface area (Å²) < 4.78 is 0. The molecule has 0 spiro atoms. The standard InChI is InChI=1S/C56H86O2/c1-35(2)37(5)13-15-39(7)47-21-23-49-45-19-17-41-33-43(25-29-53(41,9)51(45)27-31-55(47,49)11)57-58-44-26-30-54(10)42(34-44)18-20-46-50-24-22-48(56(50,12)32-28-52(46)54)40(8)16-14-38(6)36(3)4/h13-20,35-40,43-44,47-52H,21-34H2,1-12H3. The lowest BCUT2D eigenvalue weighted by atomic mass is 9.50. The maximum atomic E-state index is 6.49. The van der Waals surface area contributed by atoms with Gasteiger partial charge in [0, 0.05) is 0 Å². The third kappa shape index (κ3) is 7.33. The van der Waals surface area contributed by atoms with Crippen LogP contribution >= 0.6 is 0 Å². The molecule has 6 fully saturated rings. The molecule has 0 bridgehead atoms. The second-order valence-corrected chi connectivity index (χ2v) is 23.8. The van der Waals surface area contributed by atoms with Gasteiger partial charge in [-0.05, 0) is 183 Å². The van der Waals surface area contributed by atoms with Crippen molar-refractivity contribution in [3.05, 3.63) is 70.9 Å². The first-order chi connectivity index (χ1) is 27.5. The molecule has 322 valence electrons. The van der Waals surface area contributed by atoms with Gasteiger partial charge in [0.25, 0.3) is 0 Å². The highest BCUT2D eigenvalue weighted by Crippen LogP contribution is 2.68. The summed E-state index contributed by atoms with van der Waals surface area (Å²) in [5, 5.41) is 0. The Morgan fingerprint density at radius 3 is 1.24 bits per heavy atom. The number of hydrogen-bond acceptors (Lipinski definition) is 2. The van der Waals surface area contributed by atoms with E-state index in [0.717, 1.165) is 49.4 Å². The summed E-state index contributed by atoms with van der Waals surface area (Å²) in [6.45, 7) is 29.8. The Kier molecular flexibility index (Phi) is 12.0. The minimum atomic E-state index is 0.178. The van der Waals surface area contributed by atoms with E-state index in [-0.39, 0.29) is 23.0 Å². The van der Waals surface area contributed by atoms with Crippen LogP contribution in [0.4, 0.5) is 0 Å². The molecule has 8 rings (SSSR count). The molecule has 16 atom stereocenters. The molecule has 0 heterocycles. The highest BCUT2D eigenvalue weighted by atomic mass is 17.2. The Labute approximate surface area is 357 Å². The molecule has 0 N–H and O–H groups in total. The van der Waals surface area contributed by atoms with Crippen molar-refractivity contribution < 1.29 is 9.78 Å². The number of rotatable bonds is 11. The van der Waals surface area contributed by atoms with Gasteiger partial charge in [-0.3, -0.25) is 0 Å². The first-order valence-electron chi connectivity index (χ1n) is 25.0. The van der Waals surface area contributed by atoms with E-state index in [1.54, 1.807) is 11.1 Å². The Hall–Kier alpha value is -1.64. The number of hydrogen-bond donors (Lipinski definition) is 0. The molecule has 16 unspecified atom stereocenters. The lowest BCUT2D eigenvalue weighted by Gasteiger charge is -2.55. The monoisotopic (exact) mass is 791 g/mol.